The van der Waals surface area contributed by atoms with E-state index in [0.29, 0.717) is 34.3 Å². The van der Waals surface area contributed by atoms with Gasteiger partial charge in [-0.15, -0.1) is 0 Å². The predicted octanol–water partition coefficient (Wildman–Crippen LogP) is 3.63. The van der Waals surface area contributed by atoms with Crippen LogP contribution in [-0.2, 0) is 6.54 Å². The topological polar surface area (TPSA) is 67.2 Å². The third-order valence-corrected chi connectivity index (χ3v) is 5.26. The van der Waals surface area contributed by atoms with Gasteiger partial charge in [0.25, 0.3) is 11.5 Å². The van der Waals surface area contributed by atoms with Gasteiger partial charge >= 0.3 is 0 Å². The fourth-order valence-electron chi connectivity index (χ4n) is 3.41. The Labute approximate surface area is 179 Å². The zero-order chi connectivity index (χ0) is 21.8. The van der Waals surface area contributed by atoms with Crippen molar-refractivity contribution < 1.29 is 9.18 Å². The van der Waals surface area contributed by atoms with Crippen LogP contribution in [0.3, 0.4) is 0 Å². The average Bonchev–Trinajstić information content (AvgIpc) is 2.72. The maximum absolute atomic E-state index is 14.4. The standard InChI is InChI=1S/C22H24ClFN4O2/c1-4-12-28-22(30)15-9-6-5-8-14(15)20(26-28)21(29)25-13-18(27(2)3)19-16(23)10-7-11-17(19)24/h5-11,18H,4,12-13H2,1-3H3,(H,25,29). The summed E-state index contributed by atoms with van der Waals surface area (Å²) in [4.78, 5) is 27.4. The first kappa shape index (κ1) is 21.9. The van der Waals surface area contributed by atoms with Crippen molar-refractivity contribution in [3.63, 3.8) is 0 Å². The van der Waals surface area contributed by atoms with E-state index in [0.717, 1.165) is 0 Å². The zero-order valence-corrected chi connectivity index (χ0v) is 17.9. The lowest BCUT2D eigenvalue weighted by atomic mass is 10.0. The van der Waals surface area contributed by atoms with Crippen molar-refractivity contribution in [1.82, 2.24) is 20.0 Å². The molecule has 3 rings (SSSR count). The molecule has 0 aliphatic heterocycles. The normalized spacial score (nSPS) is 12.3. The highest BCUT2D eigenvalue weighted by Gasteiger charge is 2.23. The Hall–Kier alpha value is -2.77. The fraction of sp³-hybridized carbons (Fsp3) is 0.318. The molecule has 6 nitrogen and oxygen atoms in total. The van der Waals surface area contributed by atoms with Crippen molar-refractivity contribution in [2.45, 2.75) is 25.9 Å². The smallest absolute Gasteiger partial charge is 0.274 e. The van der Waals surface area contributed by atoms with Crippen LogP contribution in [0.25, 0.3) is 10.8 Å². The summed E-state index contributed by atoms with van der Waals surface area (Å²) in [6.45, 7) is 2.47. The van der Waals surface area contributed by atoms with Crippen LogP contribution < -0.4 is 10.9 Å². The molecule has 0 bridgehead atoms. The molecule has 1 N–H and O–H groups in total. The molecule has 1 heterocycles. The lowest BCUT2D eigenvalue weighted by Gasteiger charge is -2.26. The zero-order valence-electron chi connectivity index (χ0n) is 17.2. The summed E-state index contributed by atoms with van der Waals surface area (Å²) >= 11 is 6.22. The van der Waals surface area contributed by atoms with Gasteiger partial charge in [-0.25, -0.2) is 9.07 Å². The van der Waals surface area contributed by atoms with Gasteiger partial charge in [0.05, 0.1) is 11.4 Å². The van der Waals surface area contributed by atoms with E-state index in [1.807, 2.05) is 6.92 Å². The van der Waals surface area contributed by atoms with E-state index < -0.39 is 17.8 Å². The fourth-order valence-corrected chi connectivity index (χ4v) is 3.70. The van der Waals surface area contributed by atoms with Crippen molar-refractivity contribution in [1.29, 1.82) is 0 Å². The van der Waals surface area contributed by atoms with Gasteiger partial charge in [0.2, 0.25) is 0 Å². The number of carbonyl (C=O) groups excluding carboxylic acids is 1. The van der Waals surface area contributed by atoms with Crippen molar-refractivity contribution in [2.24, 2.45) is 0 Å². The first-order chi connectivity index (χ1) is 14.3. The number of hydrogen-bond donors (Lipinski definition) is 1. The third-order valence-electron chi connectivity index (χ3n) is 4.93. The van der Waals surface area contributed by atoms with E-state index in [4.69, 9.17) is 11.6 Å². The molecule has 1 aromatic heterocycles. The van der Waals surface area contributed by atoms with Crippen LogP contribution in [-0.4, -0.2) is 41.2 Å². The number of rotatable bonds is 7. The average molecular weight is 431 g/mol. The van der Waals surface area contributed by atoms with Crippen LogP contribution in [0.4, 0.5) is 4.39 Å². The molecule has 158 valence electrons. The summed E-state index contributed by atoms with van der Waals surface area (Å²) in [6, 6.07) is 10.9. The van der Waals surface area contributed by atoms with E-state index in [1.54, 1.807) is 55.4 Å². The van der Waals surface area contributed by atoms with Crippen LogP contribution in [0.1, 0.15) is 35.4 Å². The number of benzene rings is 2. The van der Waals surface area contributed by atoms with Gasteiger partial charge in [-0.1, -0.05) is 42.8 Å². The van der Waals surface area contributed by atoms with Crippen LogP contribution in [0.2, 0.25) is 5.02 Å². The van der Waals surface area contributed by atoms with E-state index in [1.165, 1.54) is 10.7 Å². The Kier molecular flexibility index (Phi) is 6.84. The van der Waals surface area contributed by atoms with E-state index in [9.17, 15) is 14.0 Å². The lowest BCUT2D eigenvalue weighted by molar-refractivity contribution is 0.0935. The molecule has 0 fully saturated rings. The van der Waals surface area contributed by atoms with Gasteiger partial charge in [0.15, 0.2) is 5.69 Å². The molecule has 2 aromatic carbocycles. The second-order valence-corrected chi connectivity index (χ2v) is 7.65. The molecule has 0 aliphatic carbocycles. The van der Waals surface area contributed by atoms with Crippen LogP contribution in [0.5, 0.6) is 0 Å². The monoisotopic (exact) mass is 430 g/mol. The summed E-state index contributed by atoms with van der Waals surface area (Å²) in [5.74, 6) is -0.870. The Morgan fingerprint density at radius 2 is 1.90 bits per heavy atom. The predicted molar refractivity (Wildman–Crippen MR) is 116 cm³/mol. The minimum Gasteiger partial charge on any atom is -0.349 e. The van der Waals surface area contributed by atoms with Gasteiger partial charge in [0, 0.05) is 29.1 Å². The van der Waals surface area contributed by atoms with Crippen molar-refractivity contribution in [2.75, 3.05) is 20.6 Å². The number of fused-ring (bicyclic) bond motifs is 1. The number of aryl methyl sites for hydroxylation is 1. The molecule has 0 spiro atoms. The summed E-state index contributed by atoms with van der Waals surface area (Å²) in [5, 5.41) is 8.35. The molecule has 0 saturated carbocycles. The lowest BCUT2D eigenvalue weighted by Crippen LogP contribution is -2.37. The number of likely N-dealkylation sites (N-methyl/N-ethyl adjacent to an activating group) is 1. The van der Waals surface area contributed by atoms with E-state index >= 15 is 0 Å². The number of carbonyl (C=O) groups is 1. The molecule has 0 radical (unpaired) electrons. The molecule has 3 aromatic rings. The number of nitrogens with zero attached hydrogens (tertiary/aromatic N) is 3. The summed E-state index contributed by atoms with van der Waals surface area (Å²) in [6.07, 6.45) is 0.709. The Balaban J connectivity index is 1.95. The van der Waals surface area contributed by atoms with Gasteiger partial charge in [0.1, 0.15) is 5.82 Å². The molecule has 0 saturated heterocycles. The van der Waals surface area contributed by atoms with Crippen molar-refractivity contribution in [3.8, 4) is 0 Å². The molecule has 1 amide bonds. The van der Waals surface area contributed by atoms with Crippen LogP contribution in [0.15, 0.2) is 47.3 Å². The molecule has 30 heavy (non-hydrogen) atoms. The molecule has 0 aliphatic rings. The van der Waals surface area contributed by atoms with Gasteiger partial charge in [-0.3, -0.25) is 9.59 Å². The minimum atomic E-state index is -0.476. The van der Waals surface area contributed by atoms with Gasteiger partial charge in [-0.2, -0.15) is 5.10 Å². The van der Waals surface area contributed by atoms with Crippen LogP contribution in [0, 0.1) is 5.82 Å². The highest BCUT2D eigenvalue weighted by Crippen LogP contribution is 2.28. The molecule has 8 heteroatoms. The Morgan fingerprint density at radius 3 is 2.53 bits per heavy atom. The minimum absolute atomic E-state index is 0.120. The highest BCUT2D eigenvalue weighted by molar-refractivity contribution is 6.31. The molecular weight excluding hydrogens is 407 g/mol. The summed E-state index contributed by atoms with van der Waals surface area (Å²) in [7, 11) is 3.57. The molecular formula is C22H24ClFN4O2. The maximum atomic E-state index is 14.4. The third kappa shape index (κ3) is 4.37. The van der Waals surface area contributed by atoms with Crippen molar-refractivity contribution in [3.05, 3.63) is 74.9 Å². The SMILES string of the molecule is CCCn1nc(C(=O)NCC(c2c(F)cccc2Cl)N(C)C)c2ccccc2c1=O. The van der Waals surface area contributed by atoms with Crippen molar-refractivity contribution >= 4 is 28.3 Å². The first-order valence-electron chi connectivity index (χ1n) is 9.73. The summed E-state index contributed by atoms with van der Waals surface area (Å²) < 4.78 is 15.7. The Morgan fingerprint density at radius 1 is 1.20 bits per heavy atom. The van der Waals surface area contributed by atoms with Gasteiger partial charge in [-0.05, 0) is 38.7 Å². The highest BCUT2D eigenvalue weighted by atomic mass is 35.5. The Bertz CT molecular complexity index is 1110. The largest absolute Gasteiger partial charge is 0.349 e. The number of halogens is 2. The quantitative estimate of drug-likeness (QED) is 0.621. The molecule has 1 atom stereocenters. The maximum Gasteiger partial charge on any atom is 0.274 e. The van der Waals surface area contributed by atoms with E-state index in [2.05, 4.69) is 10.4 Å². The van der Waals surface area contributed by atoms with Crippen LogP contribution >= 0.6 is 11.6 Å². The second-order valence-electron chi connectivity index (χ2n) is 7.25. The van der Waals surface area contributed by atoms with E-state index in [-0.39, 0.29) is 17.8 Å². The number of nitrogens with one attached hydrogen (secondary N) is 1. The summed E-state index contributed by atoms with van der Waals surface area (Å²) in [5.41, 5.74) is 0.252. The number of aromatic nitrogens is 2. The first-order valence-corrected chi connectivity index (χ1v) is 10.1. The number of hydrogen-bond acceptors (Lipinski definition) is 4. The molecule has 1 unspecified atom stereocenters. The second kappa shape index (κ2) is 9.36. The number of amides is 1. The van der Waals surface area contributed by atoms with Gasteiger partial charge < -0.3 is 10.2 Å².